The van der Waals surface area contributed by atoms with E-state index in [0.717, 1.165) is 5.56 Å². The maximum Gasteiger partial charge on any atom is 0.362 e. The Kier molecular flexibility index (Phi) is 8.99. The first kappa shape index (κ1) is 22.4. The number of likely N-dealkylation sites (N-methyl/N-ethyl adjacent to an activating group) is 1. The Morgan fingerprint density at radius 3 is 2.08 bits per heavy atom. The molecule has 1 aromatic carbocycles. The Balaban J connectivity index is 3.26. The molecule has 146 valence electrons. The van der Waals surface area contributed by atoms with Crippen LogP contribution in [0.15, 0.2) is 24.3 Å². The molecule has 0 heterocycles. The van der Waals surface area contributed by atoms with Gasteiger partial charge in [-0.05, 0) is 46.2 Å². The van der Waals surface area contributed by atoms with Crippen molar-refractivity contribution in [1.82, 2.24) is 10.2 Å². The fourth-order valence-electron chi connectivity index (χ4n) is 2.56. The maximum atomic E-state index is 13.2. The van der Waals surface area contributed by atoms with Gasteiger partial charge < -0.3 is 19.3 Å². The molecule has 0 aliphatic rings. The van der Waals surface area contributed by atoms with Gasteiger partial charge in [0.15, 0.2) is 0 Å². The molecule has 0 spiro atoms. The van der Waals surface area contributed by atoms with E-state index < -0.39 is 25.2 Å². The monoisotopic (exact) mass is 384 g/mol. The molecule has 0 aliphatic heterocycles. The summed E-state index contributed by atoms with van der Waals surface area (Å²) in [6, 6.07) is 6.99. The van der Waals surface area contributed by atoms with Gasteiger partial charge in [0.05, 0.1) is 13.2 Å². The average Bonchev–Trinajstić information content (AvgIpc) is 2.61. The molecule has 8 heteroatoms. The second-order valence-electron chi connectivity index (χ2n) is 5.58. The lowest BCUT2D eigenvalue weighted by atomic mass is 10.1. The predicted molar refractivity (Wildman–Crippen MR) is 101 cm³/mol. The third-order valence-corrected chi connectivity index (χ3v) is 6.12. The van der Waals surface area contributed by atoms with Crippen LogP contribution in [0.1, 0.15) is 43.6 Å². The quantitative estimate of drug-likeness (QED) is 0.626. The number of hydrogen-bond donors (Lipinski definition) is 1. The minimum absolute atomic E-state index is 0.0968. The fourth-order valence-corrected chi connectivity index (χ4v) is 4.36. The van der Waals surface area contributed by atoms with Crippen molar-refractivity contribution in [1.29, 1.82) is 0 Å². The smallest absolute Gasteiger partial charge is 0.341 e. The summed E-state index contributed by atoms with van der Waals surface area (Å²) >= 11 is 0. The number of carbonyl (C=O) groups excluding carboxylic acids is 2. The summed E-state index contributed by atoms with van der Waals surface area (Å²) in [5, 5.41) is 2.59. The summed E-state index contributed by atoms with van der Waals surface area (Å²) in [7, 11) is -3.88. The van der Waals surface area contributed by atoms with Crippen molar-refractivity contribution < 1.29 is 23.2 Å². The zero-order valence-electron chi connectivity index (χ0n) is 16.2. The Bertz CT molecular complexity index is 651. The molecule has 0 unspecified atom stereocenters. The van der Waals surface area contributed by atoms with Gasteiger partial charge in [0.25, 0.3) is 11.8 Å². The number of nitrogens with zero attached hydrogens (tertiary/aromatic N) is 1. The summed E-state index contributed by atoms with van der Waals surface area (Å²) in [6.45, 7) is 9.78. The molecule has 7 nitrogen and oxygen atoms in total. The van der Waals surface area contributed by atoms with E-state index in [9.17, 15) is 14.2 Å². The number of rotatable bonds is 10. The van der Waals surface area contributed by atoms with Gasteiger partial charge in [0, 0.05) is 18.7 Å². The van der Waals surface area contributed by atoms with E-state index in [1.54, 1.807) is 39.0 Å². The van der Waals surface area contributed by atoms with Crippen LogP contribution in [0.2, 0.25) is 0 Å². The van der Waals surface area contributed by atoms with E-state index in [4.69, 9.17) is 9.05 Å². The van der Waals surface area contributed by atoms with Gasteiger partial charge in [-0.2, -0.15) is 0 Å². The summed E-state index contributed by atoms with van der Waals surface area (Å²) in [4.78, 5) is 27.1. The lowest BCUT2D eigenvalue weighted by Crippen LogP contribution is -2.49. The normalized spacial score (nSPS) is 12.5. The Hall–Kier alpha value is -1.69. The van der Waals surface area contributed by atoms with Crippen molar-refractivity contribution in [2.45, 2.75) is 40.4 Å². The van der Waals surface area contributed by atoms with Crippen LogP contribution in [-0.2, 0) is 18.4 Å². The molecule has 0 fully saturated rings. The maximum absolute atomic E-state index is 13.2. The second kappa shape index (κ2) is 10.5. The topological polar surface area (TPSA) is 84.9 Å². The van der Waals surface area contributed by atoms with Gasteiger partial charge in [-0.15, -0.1) is 0 Å². The van der Waals surface area contributed by atoms with Crippen molar-refractivity contribution in [3.63, 3.8) is 0 Å². The van der Waals surface area contributed by atoms with Gasteiger partial charge in [0.2, 0.25) is 5.78 Å². The largest absolute Gasteiger partial charge is 0.362 e. The molecule has 26 heavy (non-hydrogen) atoms. The fraction of sp³-hybridized carbons (Fsp3) is 0.556. The number of carbonyl (C=O) groups is 2. The highest BCUT2D eigenvalue weighted by molar-refractivity contribution is 7.55. The highest BCUT2D eigenvalue weighted by atomic mass is 31.2. The van der Waals surface area contributed by atoms with Gasteiger partial charge in [-0.25, -0.2) is 0 Å². The minimum Gasteiger partial charge on any atom is -0.341 e. The van der Waals surface area contributed by atoms with Crippen molar-refractivity contribution in [2.24, 2.45) is 0 Å². The van der Waals surface area contributed by atoms with Crippen LogP contribution in [0.3, 0.4) is 0 Å². The second-order valence-corrected chi connectivity index (χ2v) is 7.69. The minimum atomic E-state index is -3.88. The predicted octanol–water partition coefficient (Wildman–Crippen LogP) is 3.19. The molecule has 0 bridgehead atoms. The number of amides is 2. The zero-order valence-corrected chi connectivity index (χ0v) is 17.0. The van der Waals surface area contributed by atoms with Crippen molar-refractivity contribution in [3.8, 4) is 0 Å². The molecule has 1 N–H and O–H groups in total. The molecule has 1 aromatic rings. The molecule has 0 radical (unpaired) electrons. The Morgan fingerprint density at radius 2 is 1.62 bits per heavy atom. The van der Waals surface area contributed by atoms with E-state index in [2.05, 4.69) is 5.32 Å². The molecular weight excluding hydrogens is 355 g/mol. The number of nitrogens with one attached hydrogen (secondary N) is 1. The standard InChI is InChI=1S/C18H29N2O5P/c1-6-20(7-2)18(22)17(26(23,24-8-3)25-9-4)19-16(21)15-13-11-10-12-14(15)5/h10-13,17H,6-9H2,1-5H3,(H,19,21)/t17-/m0/s1. The van der Waals surface area contributed by atoms with E-state index in [0.29, 0.717) is 18.7 Å². The van der Waals surface area contributed by atoms with Crippen LogP contribution in [0.25, 0.3) is 0 Å². The summed E-state index contributed by atoms with van der Waals surface area (Å²) in [6.07, 6.45) is 0. The van der Waals surface area contributed by atoms with E-state index in [1.807, 2.05) is 19.9 Å². The molecular formula is C18H29N2O5P. The highest BCUT2D eigenvalue weighted by Crippen LogP contribution is 2.52. The van der Waals surface area contributed by atoms with Crippen LogP contribution in [0.4, 0.5) is 0 Å². The lowest BCUT2D eigenvalue weighted by Gasteiger charge is -2.30. The van der Waals surface area contributed by atoms with Crippen LogP contribution < -0.4 is 5.32 Å². The van der Waals surface area contributed by atoms with Crippen LogP contribution >= 0.6 is 7.60 Å². The van der Waals surface area contributed by atoms with E-state index in [1.165, 1.54) is 4.90 Å². The average molecular weight is 384 g/mol. The zero-order chi connectivity index (χ0) is 19.7. The lowest BCUT2D eigenvalue weighted by molar-refractivity contribution is -0.131. The van der Waals surface area contributed by atoms with Crippen LogP contribution in [0, 0.1) is 6.92 Å². The molecule has 0 saturated carbocycles. The Morgan fingerprint density at radius 1 is 1.08 bits per heavy atom. The van der Waals surface area contributed by atoms with Gasteiger partial charge in [-0.3, -0.25) is 14.2 Å². The van der Waals surface area contributed by atoms with Gasteiger partial charge >= 0.3 is 7.60 Å². The number of benzene rings is 1. The first-order chi connectivity index (χ1) is 12.3. The SMILES string of the molecule is CCOP(=O)(OCC)[C@H](NC(=O)c1ccccc1C)C(=O)N(CC)CC. The third kappa shape index (κ3) is 5.40. The first-order valence-corrected chi connectivity index (χ1v) is 10.5. The summed E-state index contributed by atoms with van der Waals surface area (Å²) < 4.78 is 23.9. The van der Waals surface area contributed by atoms with E-state index >= 15 is 0 Å². The molecule has 1 rings (SSSR count). The van der Waals surface area contributed by atoms with Gasteiger partial charge in [0.1, 0.15) is 0 Å². The van der Waals surface area contributed by atoms with E-state index in [-0.39, 0.29) is 13.2 Å². The molecule has 0 saturated heterocycles. The number of hydrogen-bond acceptors (Lipinski definition) is 5. The van der Waals surface area contributed by atoms with Crippen molar-refractivity contribution in [3.05, 3.63) is 35.4 Å². The first-order valence-electron chi connectivity index (χ1n) is 8.88. The molecule has 1 atom stereocenters. The van der Waals surface area contributed by atoms with Gasteiger partial charge in [-0.1, -0.05) is 18.2 Å². The van der Waals surface area contributed by atoms with Crippen LogP contribution in [0.5, 0.6) is 0 Å². The van der Waals surface area contributed by atoms with Crippen LogP contribution in [-0.4, -0.2) is 48.8 Å². The molecule has 0 aliphatic carbocycles. The highest BCUT2D eigenvalue weighted by Gasteiger charge is 2.44. The summed E-state index contributed by atoms with van der Waals surface area (Å²) in [5.41, 5.74) is 1.16. The molecule has 0 aromatic heterocycles. The summed E-state index contributed by atoms with van der Waals surface area (Å²) in [5.74, 6) is -2.37. The van der Waals surface area contributed by atoms with Crippen molar-refractivity contribution >= 4 is 19.4 Å². The third-order valence-electron chi connectivity index (χ3n) is 3.90. The number of aryl methyl sites for hydroxylation is 1. The van der Waals surface area contributed by atoms with Crippen molar-refractivity contribution in [2.75, 3.05) is 26.3 Å². The molecule has 2 amide bonds. The Labute approximate surface area is 155 Å².